The second-order valence-corrected chi connectivity index (χ2v) is 7.48. The number of hydrogen-bond acceptors (Lipinski definition) is 7. The molecule has 0 saturated heterocycles. The quantitative estimate of drug-likeness (QED) is 0.165. The molecule has 12 heteroatoms. The molecule has 0 aliphatic carbocycles. The number of nitrogens with two attached hydrogens (primary N) is 2. The number of rotatable bonds is 13. The largest absolute Gasteiger partial charge is 0.480 e. The molecule has 0 saturated carbocycles. The summed E-state index contributed by atoms with van der Waals surface area (Å²) >= 11 is 4.01. The summed E-state index contributed by atoms with van der Waals surface area (Å²) in [6.45, 7) is 5.03. The third-order valence-corrected chi connectivity index (χ3v) is 4.29. The smallest absolute Gasteiger partial charge is 0.326 e. The topological polar surface area (TPSA) is 194 Å². The summed E-state index contributed by atoms with van der Waals surface area (Å²) < 4.78 is 0. The fraction of sp³-hybridized carbons (Fsp3) is 0.706. The van der Waals surface area contributed by atoms with Gasteiger partial charge >= 0.3 is 5.97 Å². The lowest BCUT2D eigenvalue weighted by atomic mass is 10.0. The molecule has 0 aromatic heterocycles. The van der Waals surface area contributed by atoms with Crippen LogP contribution < -0.4 is 27.4 Å². The highest BCUT2D eigenvalue weighted by Gasteiger charge is 2.28. The van der Waals surface area contributed by atoms with Crippen molar-refractivity contribution in [2.24, 2.45) is 17.4 Å². The average Bonchev–Trinajstić information content (AvgIpc) is 2.62. The predicted molar refractivity (Wildman–Crippen MR) is 109 cm³/mol. The number of amides is 4. The van der Waals surface area contributed by atoms with E-state index in [1.54, 1.807) is 0 Å². The lowest BCUT2D eigenvalue weighted by Gasteiger charge is -2.23. The second-order valence-electron chi connectivity index (χ2n) is 7.11. The van der Waals surface area contributed by atoms with Gasteiger partial charge in [0.25, 0.3) is 0 Å². The van der Waals surface area contributed by atoms with Crippen molar-refractivity contribution >= 4 is 42.2 Å². The Labute approximate surface area is 175 Å². The first-order valence-electron chi connectivity index (χ1n) is 9.17. The molecule has 0 fully saturated rings. The van der Waals surface area contributed by atoms with Crippen LogP contribution in [0.3, 0.4) is 0 Å². The highest BCUT2D eigenvalue weighted by atomic mass is 32.1. The molecule has 0 bridgehead atoms. The third kappa shape index (κ3) is 10.7. The van der Waals surface area contributed by atoms with Crippen LogP contribution in [0.1, 0.15) is 40.0 Å². The summed E-state index contributed by atoms with van der Waals surface area (Å²) in [6.07, 6.45) is 0.179. The van der Waals surface area contributed by atoms with Crippen LogP contribution in [0.15, 0.2) is 0 Å². The van der Waals surface area contributed by atoms with Crippen molar-refractivity contribution in [3.63, 3.8) is 0 Å². The molecule has 0 radical (unpaired) electrons. The Morgan fingerprint density at radius 3 is 1.93 bits per heavy atom. The molecular formula is C17H31N5O6S. The van der Waals surface area contributed by atoms with Gasteiger partial charge < -0.3 is 32.5 Å². The average molecular weight is 434 g/mol. The normalized spacial score (nSPS) is 15.0. The molecule has 0 rings (SSSR count). The lowest BCUT2D eigenvalue weighted by molar-refractivity contribution is -0.142. The zero-order valence-electron chi connectivity index (χ0n) is 16.8. The number of hydrogen-bond donors (Lipinski definition) is 7. The summed E-state index contributed by atoms with van der Waals surface area (Å²) in [5.74, 6) is -3.82. The maximum absolute atomic E-state index is 12.3. The van der Waals surface area contributed by atoms with E-state index >= 15 is 0 Å². The first-order chi connectivity index (χ1) is 13.4. The number of nitrogens with one attached hydrogen (secondary N) is 3. The van der Waals surface area contributed by atoms with Gasteiger partial charge in [-0.3, -0.25) is 19.2 Å². The summed E-state index contributed by atoms with van der Waals surface area (Å²) in [4.78, 5) is 58.6. The molecule has 0 aromatic rings. The van der Waals surface area contributed by atoms with Gasteiger partial charge in [0, 0.05) is 12.2 Å². The molecule has 4 atom stereocenters. The van der Waals surface area contributed by atoms with E-state index in [1.165, 1.54) is 6.92 Å². The van der Waals surface area contributed by atoms with Crippen molar-refractivity contribution in [3.8, 4) is 0 Å². The van der Waals surface area contributed by atoms with E-state index in [0.29, 0.717) is 0 Å². The fourth-order valence-electron chi connectivity index (χ4n) is 2.27. The molecule has 166 valence electrons. The van der Waals surface area contributed by atoms with Crippen LogP contribution in [-0.2, 0) is 24.0 Å². The fourth-order valence-corrected chi connectivity index (χ4v) is 2.53. The standard InChI is InChI=1S/C17H31N5O6S/c1-8(2)6-11(17(27)28)21-14(24)9(3)20-16(26)12(7-29)22-15(25)10(18)4-5-13(19)23/h8-12,29H,4-7,18H2,1-3H3,(H2,19,23)(H,20,26)(H,21,24)(H,22,25)(H,27,28). The number of thiol groups is 1. The van der Waals surface area contributed by atoms with Crippen LogP contribution in [-0.4, -0.2) is 64.6 Å². The van der Waals surface area contributed by atoms with Crippen LogP contribution in [0, 0.1) is 5.92 Å². The zero-order chi connectivity index (χ0) is 22.7. The molecule has 0 spiro atoms. The van der Waals surface area contributed by atoms with E-state index in [2.05, 4.69) is 28.6 Å². The van der Waals surface area contributed by atoms with E-state index in [4.69, 9.17) is 11.5 Å². The minimum Gasteiger partial charge on any atom is -0.480 e. The Kier molecular flexibility index (Phi) is 11.9. The van der Waals surface area contributed by atoms with Crippen molar-refractivity contribution in [1.29, 1.82) is 0 Å². The van der Waals surface area contributed by atoms with E-state index in [-0.39, 0.29) is 30.9 Å². The molecule has 4 unspecified atom stereocenters. The number of carbonyl (C=O) groups is 5. The predicted octanol–water partition coefficient (Wildman–Crippen LogP) is -1.89. The van der Waals surface area contributed by atoms with Crippen LogP contribution in [0.2, 0.25) is 0 Å². The Hall–Kier alpha value is -2.34. The van der Waals surface area contributed by atoms with Gasteiger partial charge in [-0.25, -0.2) is 4.79 Å². The SMILES string of the molecule is CC(C)CC(NC(=O)C(C)NC(=O)C(CS)NC(=O)C(N)CCC(N)=O)C(=O)O. The highest BCUT2D eigenvalue weighted by molar-refractivity contribution is 7.80. The first-order valence-corrected chi connectivity index (χ1v) is 9.80. The van der Waals surface area contributed by atoms with Gasteiger partial charge in [-0.2, -0.15) is 12.6 Å². The molecule has 0 heterocycles. The molecule has 0 aliphatic rings. The van der Waals surface area contributed by atoms with Crippen molar-refractivity contribution < 1.29 is 29.1 Å². The molecule has 0 aliphatic heterocycles. The van der Waals surface area contributed by atoms with E-state index in [1.807, 2.05) is 13.8 Å². The zero-order valence-corrected chi connectivity index (χ0v) is 17.7. The summed E-state index contributed by atoms with van der Waals surface area (Å²) in [6, 6.07) is -4.23. The summed E-state index contributed by atoms with van der Waals surface area (Å²) in [5, 5.41) is 16.4. The summed E-state index contributed by atoms with van der Waals surface area (Å²) in [5.41, 5.74) is 10.6. The molecule has 29 heavy (non-hydrogen) atoms. The first kappa shape index (κ1) is 26.7. The summed E-state index contributed by atoms with van der Waals surface area (Å²) in [7, 11) is 0. The molecular weight excluding hydrogens is 402 g/mol. The lowest BCUT2D eigenvalue weighted by Crippen LogP contribution is -2.57. The van der Waals surface area contributed by atoms with E-state index < -0.39 is 53.8 Å². The van der Waals surface area contributed by atoms with Gasteiger partial charge in [-0.15, -0.1) is 0 Å². The van der Waals surface area contributed by atoms with Crippen molar-refractivity contribution in [1.82, 2.24) is 16.0 Å². The number of carboxylic acids is 1. The Morgan fingerprint density at radius 2 is 1.48 bits per heavy atom. The molecule has 11 nitrogen and oxygen atoms in total. The van der Waals surface area contributed by atoms with Gasteiger partial charge in [0.05, 0.1) is 6.04 Å². The van der Waals surface area contributed by atoms with E-state index in [9.17, 15) is 29.1 Å². The monoisotopic (exact) mass is 433 g/mol. The second kappa shape index (κ2) is 13.0. The minimum absolute atomic E-state index is 0.0211. The van der Waals surface area contributed by atoms with E-state index in [0.717, 1.165) is 0 Å². The van der Waals surface area contributed by atoms with Crippen LogP contribution in [0.5, 0.6) is 0 Å². The molecule has 0 aromatic carbocycles. The number of primary amides is 1. The number of aliphatic carboxylic acids is 1. The van der Waals surface area contributed by atoms with Crippen LogP contribution >= 0.6 is 12.6 Å². The van der Waals surface area contributed by atoms with Crippen LogP contribution in [0.4, 0.5) is 0 Å². The number of carboxylic acid groups (broad SMARTS) is 1. The minimum atomic E-state index is -1.17. The maximum Gasteiger partial charge on any atom is 0.326 e. The Morgan fingerprint density at radius 1 is 0.931 bits per heavy atom. The van der Waals surface area contributed by atoms with Gasteiger partial charge in [0.15, 0.2) is 0 Å². The van der Waals surface area contributed by atoms with Crippen LogP contribution in [0.25, 0.3) is 0 Å². The van der Waals surface area contributed by atoms with Gasteiger partial charge in [0.2, 0.25) is 23.6 Å². The maximum atomic E-state index is 12.3. The van der Waals surface area contributed by atoms with Gasteiger partial charge in [-0.05, 0) is 25.7 Å². The van der Waals surface area contributed by atoms with Crippen molar-refractivity contribution in [3.05, 3.63) is 0 Å². The van der Waals surface area contributed by atoms with Gasteiger partial charge in [0.1, 0.15) is 18.1 Å². The van der Waals surface area contributed by atoms with Crippen molar-refractivity contribution in [2.45, 2.75) is 64.2 Å². The molecule has 8 N–H and O–H groups in total. The van der Waals surface area contributed by atoms with Crippen molar-refractivity contribution in [2.75, 3.05) is 5.75 Å². The molecule has 4 amide bonds. The number of carbonyl (C=O) groups excluding carboxylic acids is 4. The third-order valence-electron chi connectivity index (χ3n) is 3.93. The Balaban J connectivity index is 4.78. The Bertz CT molecular complexity index is 615. The highest BCUT2D eigenvalue weighted by Crippen LogP contribution is 2.05. The van der Waals surface area contributed by atoms with Gasteiger partial charge in [-0.1, -0.05) is 13.8 Å².